The van der Waals surface area contributed by atoms with Crippen LogP contribution in [-0.4, -0.2) is 18.0 Å². The van der Waals surface area contributed by atoms with Gasteiger partial charge in [-0.05, 0) is 24.8 Å². The van der Waals surface area contributed by atoms with Crippen LogP contribution in [0.1, 0.15) is 24.8 Å². The molecule has 2 nitrogen and oxygen atoms in total. The predicted molar refractivity (Wildman–Crippen MR) is 65.5 cm³/mol. The number of nitrogens with zero attached hydrogens (tertiary/aromatic N) is 2. The van der Waals surface area contributed by atoms with E-state index in [1.54, 1.807) is 0 Å². The molecule has 0 bridgehead atoms. The summed E-state index contributed by atoms with van der Waals surface area (Å²) in [5, 5.41) is 9.17. The number of nitriles is 1. The Hall–Kier alpha value is -1.75. The summed E-state index contributed by atoms with van der Waals surface area (Å²) < 4.78 is 0. The Bertz CT molecular complexity index is 394. The molecule has 2 rings (SSSR count). The second-order valence-corrected chi connectivity index (χ2v) is 4.12. The summed E-state index contributed by atoms with van der Waals surface area (Å²) >= 11 is 0. The highest BCUT2D eigenvalue weighted by molar-refractivity contribution is 5.76. The van der Waals surface area contributed by atoms with Crippen LogP contribution in [0.25, 0.3) is 5.57 Å². The van der Waals surface area contributed by atoms with Crippen molar-refractivity contribution in [3.8, 4) is 6.07 Å². The largest absolute Gasteiger partial charge is 0.376 e. The lowest BCUT2D eigenvalue weighted by atomic mass is 10.1. The van der Waals surface area contributed by atoms with E-state index in [0.29, 0.717) is 0 Å². The van der Waals surface area contributed by atoms with Crippen LogP contribution >= 0.6 is 0 Å². The standard InChI is InChI=1S/C14H16N2/c15-11-14(13-7-3-1-4-8-13)12-16-9-5-2-6-10-16/h1,3-4,7-8,12H,2,5-6,9-10H2. The van der Waals surface area contributed by atoms with Crippen molar-refractivity contribution in [3.05, 3.63) is 42.1 Å². The van der Waals surface area contributed by atoms with Crippen LogP contribution in [0.5, 0.6) is 0 Å². The molecule has 1 aromatic carbocycles. The van der Waals surface area contributed by atoms with Crippen LogP contribution in [0, 0.1) is 11.3 Å². The molecule has 1 aliphatic rings. The van der Waals surface area contributed by atoms with Gasteiger partial charge in [0.15, 0.2) is 0 Å². The molecule has 0 spiro atoms. The monoisotopic (exact) mass is 212 g/mol. The van der Waals surface area contributed by atoms with Crippen molar-refractivity contribution in [3.63, 3.8) is 0 Å². The van der Waals surface area contributed by atoms with Crippen LogP contribution in [0.3, 0.4) is 0 Å². The van der Waals surface area contributed by atoms with Gasteiger partial charge in [-0.2, -0.15) is 5.26 Å². The van der Waals surface area contributed by atoms with E-state index in [9.17, 15) is 0 Å². The topological polar surface area (TPSA) is 27.0 Å². The minimum Gasteiger partial charge on any atom is -0.376 e. The number of likely N-dealkylation sites (tertiary alicyclic amines) is 1. The van der Waals surface area contributed by atoms with E-state index in [4.69, 9.17) is 5.26 Å². The third kappa shape index (κ3) is 2.64. The Labute approximate surface area is 96.8 Å². The molecule has 2 heteroatoms. The highest BCUT2D eigenvalue weighted by atomic mass is 15.1. The smallest absolute Gasteiger partial charge is 0.101 e. The molecule has 1 fully saturated rings. The molecule has 0 unspecified atom stereocenters. The van der Waals surface area contributed by atoms with Crippen LogP contribution in [0.4, 0.5) is 0 Å². The summed E-state index contributed by atoms with van der Waals surface area (Å²) in [5.74, 6) is 0. The number of rotatable bonds is 2. The quantitative estimate of drug-likeness (QED) is 0.704. The van der Waals surface area contributed by atoms with Gasteiger partial charge < -0.3 is 4.90 Å². The molecule has 0 aromatic heterocycles. The summed E-state index contributed by atoms with van der Waals surface area (Å²) in [6, 6.07) is 12.2. The summed E-state index contributed by atoms with van der Waals surface area (Å²) in [4.78, 5) is 2.26. The third-order valence-corrected chi connectivity index (χ3v) is 2.91. The first kappa shape index (κ1) is 10.8. The molecule has 16 heavy (non-hydrogen) atoms. The van der Waals surface area contributed by atoms with Crippen molar-refractivity contribution < 1.29 is 0 Å². The Balaban J connectivity index is 2.16. The van der Waals surface area contributed by atoms with Crippen molar-refractivity contribution in [1.82, 2.24) is 4.90 Å². The predicted octanol–water partition coefficient (Wildman–Crippen LogP) is 3.04. The third-order valence-electron chi connectivity index (χ3n) is 2.91. The molecule has 1 heterocycles. The molecule has 0 amide bonds. The summed E-state index contributed by atoms with van der Waals surface area (Å²) in [5.41, 5.74) is 1.78. The van der Waals surface area contributed by atoms with Gasteiger partial charge in [0.05, 0.1) is 5.57 Å². The first-order valence-electron chi connectivity index (χ1n) is 5.81. The van der Waals surface area contributed by atoms with Gasteiger partial charge >= 0.3 is 0 Å². The van der Waals surface area contributed by atoms with E-state index in [1.807, 2.05) is 36.5 Å². The van der Waals surface area contributed by atoms with Gasteiger partial charge in [-0.3, -0.25) is 0 Å². The zero-order valence-corrected chi connectivity index (χ0v) is 9.39. The van der Waals surface area contributed by atoms with E-state index in [1.165, 1.54) is 19.3 Å². The molecule has 82 valence electrons. The number of benzene rings is 1. The maximum Gasteiger partial charge on any atom is 0.101 e. The molecule has 1 saturated heterocycles. The first-order chi connectivity index (χ1) is 7.90. The number of piperidine rings is 1. The lowest BCUT2D eigenvalue weighted by molar-refractivity contribution is 0.310. The van der Waals surface area contributed by atoms with Crippen molar-refractivity contribution in [2.75, 3.05) is 13.1 Å². The summed E-state index contributed by atoms with van der Waals surface area (Å²) in [6.07, 6.45) is 5.81. The van der Waals surface area contributed by atoms with E-state index < -0.39 is 0 Å². The Morgan fingerprint density at radius 3 is 2.44 bits per heavy atom. The highest BCUT2D eigenvalue weighted by Gasteiger charge is 2.08. The number of hydrogen-bond acceptors (Lipinski definition) is 2. The molecule has 1 aromatic rings. The average Bonchev–Trinajstić information content (AvgIpc) is 2.38. The zero-order valence-electron chi connectivity index (χ0n) is 9.39. The minimum absolute atomic E-state index is 0.766. The minimum atomic E-state index is 0.766. The molecule has 0 saturated carbocycles. The van der Waals surface area contributed by atoms with Crippen LogP contribution < -0.4 is 0 Å². The van der Waals surface area contributed by atoms with Gasteiger partial charge in [0.25, 0.3) is 0 Å². The second-order valence-electron chi connectivity index (χ2n) is 4.12. The number of hydrogen-bond donors (Lipinski definition) is 0. The molecule has 0 radical (unpaired) electrons. The highest BCUT2D eigenvalue weighted by Crippen LogP contribution is 2.16. The maximum atomic E-state index is 9.17. The van der Waals surface area contributed by atoms with Gasteiger partial charge in [-0.15, -0.1) is 0 Å². The molecule has 0 N–H and O–H groups in total. The van der Waals surface area contributed by atoms with Gasteiger partial charge in [-0.1, -0.05) is 30.3 Å². The van der Waals surface area contributed by atoms with E-state index in [0.717, 1.165) is 24.2 Å². The van der Waals surface area contributed by atoms with Crippen molar-refractivity contribution in [1.29, 1.82) is 5.26 Å². The average molecular weight is 212 g/mol. The van der Waals surface area contributed by atoms with Crippen LogP contribution in [0.2, 0.25) is 0 Å². The summed E-state index contributed by atoms with van der Waals surface area (Å²) in [6.45, 7) is 2.16. The molecule has 1 aliphatic heterocycles. The molecular weight excluding hydrogens is 196 g/mol. The van der Waals surface area contributed by atoms with Gasteiger partial charge in [0.2, 0.25) is 0 Å². The lowest BCUT2D eigenvalue weighted by Crippen LogP contribution is -2.24. The fourth-order valence-electron chi connectivity index (χ4n) is 2.02. The van der Waals surface area contributed by atoms with Gasteiger partial charge in [0.1, 0.15) is 6.07 Å². The van der Waals surface area contributed by atoms with Gasteiger partial charge in [0, 0.05) is 19.3 Å². The first-order valence-corrected chi connectivity index (χ1v) is 5.81. The SMILES string of the molecule is N#CC(=CN1CCCCC1)c1ccccc1. The maximum absolute atomic E-state index is 9.17. The Morgan fingerprint density at radius 2 is 1.81 bits per heavy atom. The Kier molecular flexibility index (Phi) is 3.61. The molecular formula is C14H16N2. The van der Waals surface area contributed by atoms with E-state index in [-0.39, 0.29) is 0 Å². The normalized spacial score (nSPS) is 16.9. The summed E-state index contributed by atoms with van der Waals surface area (Å²) in [7, 11) is 0. The molecule has 0 aliphatic carbocycles. The zero-order chi connectivity index (χ0) is 11.2. The van der Waals surface area contributed by atoms with Crippen LogP contribution in [-0.2, 0) is 0 Å². The number of allylic oxidation sites excluding steroid dienone is 1. The van der Waals surface area contributed by atoms with Gasteiger partial charge in [-0.25, -0.2) is 0 Å². The Morgan fingerprint density at radius 1 is 1.12 bits per heavy atom. The second kappa shape index (κ2) is 5.37. The van der Waals surface area contributed by atoms with Crippen LogP contribution in [0.15, 0.2) is 36.5 Å². The van der Waals surface area contributed by atoms with Crippen molar-refractivity contribution >= 4 is 5.57 Å². The fourth-order valence-corrected chi connectivity index (χ4v) is 2.02. The molecule has 0 atom stereocenters. The van der Waals surface area contributed by atoms with Crippen molar-refractivity contribution in [2.45, 2.75) is 19.3 Å². The fraction of sp³-hybridized carbons (Fsp3) is 0.357. The van der Waals surface area contributed by atoms with E-state index >= 15 is 0 Å². The lowest BCUT2D eigenvalue weighted by Gasteiger charge is -2.25. The van der Waals surface area contributed by atoms with E-state index in [2.05, 4.69) is 11.0 Å². The van der Waals surface area contributed by atoms with Crippen molar-refractivity contribution in [2.24, 2.45) is 0 Å².